The Balaban J connectivity index is 2.21. The fraction of sp³-hybridized carbons (Fsp3) is 1.00. The zero-order chi connectivity index (χ0) is 12.2. The van der Waals surface area contributed by atoms with E-state index >= 15 is 0 Å². The van der Waals surface area contributed by atoms with Gasteiger partial charge in [-0.25, -0.2) is 8.42 Å². The molecule has 1 aliphatic rings. The molecule has 0 radical (unpaired) electrons. The molecule has 1 fully saturated rings. The van der Waals surface area contributed by atoms with Gasteiger partial charge >= 0.3 is 0 Å². The van der Waals surface area contributed by atoms with Gasteiger partial charge in [-0.05, 0) is 31.1 Å². The summed E-state index contributed by atoms with van der Waals surface area (Å²) in [5.41, 5.74) is 0.480. The van der Waals surface area contributed by atoms with Gasteiger partial charge in [0.25, 0.3) is 0 Å². The van der Waals surface area contributed by atoms with Gasteiger partial charge < -0.3 is 5.32 Å². The van der Waals surface area contributed by atoms with Crippen molar-refractivity contribution in [3.63, 3.8) is 0 Å². The van der Waals surface area contributed by atoms with Gasteiger partial charge in [0, 0.05) is 18.3 Å². The molecule has 0 aromatic rings. The summed E-state index contributed by atoms with van der Waals surface area (Å²) in [6, 6.07) is 0.528. The predicted molar refractivity (Wildman–Crippen MR) is 68.4 cm³/mol. The molecule has 1 rings (SSSR count). The van der Waals surface area contributed by atoms with Gasteiger partial charge in [-0.15, -0.1) is 0 Å². The third-order valence-corrected chi connectivity index (χ3v) is 5.33. The molecular weight excluding hydrogens is 222 g/mol. The maximum atomic E-state index is 11.3. The molecule has 96 valence electrons. The van der Waals surface area contributed by atoms with Crippen LogP contribution in [-0.4, -0.2) is 32.5 Å². The Hall–Kier alpha value is -0.0900. The fourth-order valence-corrected chi connectivity index (χ4v) is 2.88. The quantitative estimate of drug-likeness (QED) is 0.808. The second kappa shape index (κ2) is 5.50. The van der Waals surface area contributed by atoms with E-state index in [0.717, 1.165) is 0 Å². The molecule has 0 aromatic heterocycles. The molecule has 0 saturated heterocycles. The van der Waals surface area contributed by atoms with Gasteiger partial charge in [0.15, 0.2) is 9.84 Å². The summed E-state index contributed by atoms with van der Waals surface area (Å²) in [5.74, 6) is 0.537. The maximum absolute atomic E-state index is 11.3. The van der Waals surface area contributed by atoms with E-state index in [2.05, 4.69) is 19.2 Å². The van der Waals surface area contributed by atoms with Crippen molar-refractivity contribution < 1.29 is 8.42 Å². The van der Waals surface area contributed by atoms with Crippen LogP contribution in [-0.2, 0) is 9.84 Å². The van der Waals surface area contributed by atoms with Gasteiger partial charge in [0.1, 0.15) is 0 Å². The Bertz CT molecular complexity index is 299. The number of rotatable bonds is 5. The molecule has 0 amide bonds. The molecule has 4 heteroatoms. The number of hydrogen-bond acceptors (Lipinski definition) is 3. The Labute approximate surface area is 99.9 Å². The third-order valence-electron chi connectivity index (χ3n) is 3.63. The lowest BCUT2D eigenvalue weighted by molar-refractivity contribution is 0.208. The molecule has 0 atom stereocenters. The van der Waals surface area contributed by atoms with E-state index in [1.807, 2.05) is 0 Å². The van der Waals surface area contributed by atoms with Gasteiger partial charge in [0.05, 0.1) is 5.75 Å². The van der Waals surface area contributed by atoms with E-state index in [-0.39, 0.29) is 11.5 Å². The highest BCUT2D eigenvalue weighted by Crippen LogP contribution is 2.34. The number of nitrogens with one attached hydrogen (secondary N) is 1. The summed E-state index contributed by atoms with van der Waals surface area (Å²) in [6.45, 7) is 6.94. The van der Waals surface area contributed by atoms with Crippen LogP contribution in [0.5, 0.6) is 0 Å². The Morgan fingerprint density at radius 3 is 2.31 bits per heavy atom. The molecule has 0 bridgehead atoms. The lowest BCUT2D eigenvalue weighted by Crippen LogP contribution is -2.38. The fourth-order valence-electron chi connectivity index (χ4n) is 2.17. The Morgan fingerprint density at radius 2 is 1.81 bits per heavy atom. The molecule has 0 spiro atoms. The van der Waals surface area contributed by atoms with Crippen molar-refractivity contribution in [3.05, 3.63) is 0 Å². The van der Waals surface area contributed by atoms with Crippen LogP contribution in [0.15, 0.2) is 0 Å². The third kappa shape index (κ3) is 4.83. The summed E-state index contributed by atoms with van der Waals surface area (Å²) in [4.78, 5) is 0. The van der Waals surface area contributed by atoms with Crippen molar-refractivity contribution in [2.75, 3.05) is 18.1 Å². The Kier molecular flexibility index (Phi) is 4.80. The van der Waals surface area contributed by atoms with Crippen LogP contribution in [0.4, 0.5) is 0 Å². The van der Waals surface area contributed by atoms with E-state index < -0.39 is 9.84 Å². The largest absolute Gasteiger partial charge is 0.313 e. The molecule has 0 aromatic carbocycles. The average Bonchev–Trinajstić information content (AvgIpc) is 2.20. The van der Waals surface area contributed by atoms with Gasteiger partial charge in [0.2, 0.25) is 0 Å². The highest BCUT2D eigenvalue weighted by molar-refractivity contribution is 7.91. The van der Waals surface area contributed by atoms with Crippen LogP contribution in [0, 0.1) is 5.41 Å². The summed E-state index contributed by atoms with van der Waals surface area (Å²) >= 11 is 0. The van der Waals surface area contributed by atoms with E-state index in [1.165, 1.54) is 25.7 Å². The van der Waals surface area contributed by atoms with Crippen LogP contribution < -0.4 is 5.32 Å². The summed E-state index contributed by atoms with van der Waals surface area (Å²) in [7, 11) is -2.81. The first kappa shape index (κ1) is 14.0. The van der Waals surface area contributed by atoms with Crippen LogP contribution in [0.3, 0.4) is 0 Å². The van der Waals surface area contributed by atoms with E-state index in [1.54, 1.807) is 6.92 Å². The number of hydrogen-bond donors (Lipinski definition) is 1. The first-order chi connectivity index (χ1) is 7.35. The van der Waals surface area contributed by atoms with E-state index in [9.17, 15) is 8.42 Å². The second-order valence-electron chi connectivity index (χ2n) is 5.63. The minimum absolute atomic E-state index is 0.256. The minimum atomic E-state index is -2.81. The first-order valence-electron chi connectivity index (χ1n) is 6.28. The van der Waals surface area contributed by atoms with Crippen molar-refractivity contribution in [2.24, 2.45) is 5.41 Å². The first-order valence-corrected chi connectivity index (χ1v) is 8.10. The smallest absolute Gasteiger partial charge is 0.151 e. The monoisotopic (exact) mass is 247 g/mol. The van der Waals surface area contributed by atoms with Crippen LogP contribution in [0.1, 0.15) is 46.5 Å². The summed E-state index contributed by atoms with van der Waals surface area (Å²) < 4.78 is 22.6. The van der Waals surface area contributed by atoms with Crippen LogP contribution in [0.25, 0.3) is 0 Å². The molecule has 0 heterocycles. The van der Waals surface area contributed by atoms with E-state index in [0.29, 0.717) is 18.0 Å². The molecule has 3 nitrogen and oxygen atoms in total. The van der Waals surface area contributed by atoms with E-state index in [4.69, 9.17) is 0 Å². The minimum Gasteiger partial charge on any atom is -0.313 e. The summed E-state index contributed by atoms with van der Waals surface area (Å²) in [5, 5.41) is 3.37. The normalized spacial score (nSPS) is 22.2. The molecule has 1 saturated carbocycles. The maximum Gasteiger partial charge on any atom is 0.151 e. The standard InChI is InChI=1S/C12H25NO2S/c1-4-16(14,15)10-9-13-11-5-7-12(2,3)8-6-11/h11,13H,4-10H2,1-3H3. The zero-order valence-electron chi connectivity index (χ0n) is 10.8. The van der Waals surface area contributed by atoms with Crippen LogP contribution in [0.2, 0.25) is 0 Å². The molecular formula is C12H25NO2S. The predicted octanol–water partition coefficient (Wildman–Crippen LogP) is 1.98. The average molecular weight is 247 g/mol. The topological polar surface area (TPSA) is 46.2 Å². The summed E-state index contributed by atoms with van der Waals surface area (Å²) in [6.07, 6.45) is 4.84. The molecule has 1 aliphatic carbocycles. The Morgan fingerprint density at radius 1 is 1.25 bits per heavy atom. The second-order valence-corrected chi connectivity index (χ2v) is 8.10. The van der Waals surface area contributed by atoms with Crippen molar-refractivity contribution in [1.29, 1.82) is 0 Å². The van der Waals surface area contributed by atoms with Crippen LogP contribution >= 0.6 is 0 Å². The van der Waals surface area contributed by atoms with Crippen molar-refractivity contribution >= 4 is 9.84 Å². The molecule has 0 unspecified atom stereocenters. The molecule has 0 aliphatic heterocycles. The lowest BCUT2D eigenvalue weighted by Gasteiger charge is -2.34. The van der Waals surface area contributed by atoms with Crippen molar-refractivity contribution in [3.8, 4) is 0 Å². The van der Waals surface area contributed by atoms with Gasteiger partial charge in [-0.1, -0.05) is 20.8 Å². The molecule has 1 N–H and O–H groups in total. The molecule has 16 heavy (non-hydrogen) atoms. The zero-order valence-corrected chi connectivity index (χ0v) is 11.6. The number of sulfone groups is 1. The van der Waals surface area contributed by atoms with Crippen molar-refractivity contribution in [1.82, 2.24) is 5.32 Å². The van der Waals surface area contributed by atoms with Gasteiger partial charge in [-0.2, -0.15) is 0 Å². The highest BCUT2D eigenvalue weighted by atomic mass is 32.2. The van der Waals surface area contributed by atoms with Gasteiger partial charge in [-0.3, -0.25) is 0 Å². The highest BCUT2D eigenvalue weighted by Gasteiger charge is 2.26. The SMILES string of the molecule is CCS(=O)(=O)CCNC1CCC(C)(C)CC1. The van der Waals surface area contributed by atoms with Crippen molar-refractivity contribution in [2.45, 2.75) is 52.5 Å². The lowest BCUT2D eigenvalue weighted by atomic mass is 9.75.